The monoisotopic (exact) mass is 248 g/mol. The van der Waals surface area contributed by atoms with E-state index in [2.05, 4.69) is 22.9 Å². The summed E-state index contributed by atoms with van der Waals surface area (Å²) >= 11 is 0. The Bertz CT molecular complexity index is 412. The number of pyridine rings is 1. The lowest BCUT2D eigenvalue weighted by molar-refractivity contribution is -0.149. The van der Waals surface area contributed by atoms with E-state index in [9.17, 15) is 4.79 Å². The Morgan fingerprint density at radius 2 is 2.22 bits per heavy atom. The van der Waals surface area contributed by atoms with Crippen LogP contribution in [0.15, 0.2) is 18.3 Å². The number of ether oxygens (including phenoxy) is 1. The van der Waals surface area contributed by atoms with E-state index in [0.29, 0.717) is 6.42 Å². The standard InChI is InChI=1S/C14H20N2O2/c1-3-13(17)18-12-6-9-16(10-7-12)14-11(2)5-4-8-15-14/h4-5,8,12H,3,6-7,9-10H2,1-2H3. The molecule has 1 aliphatic heterocycles. The molecule has 1 fully saturated rings. The number of nitrogens with zero attached hydrogens (tertiary/aromatic N) is 2. The first-order chi connectivity index (χ1) is 8.70. The molecule has 4 heteroatoms. The normalized spacial score (nSPS) is 16.7. The van der Waals surface area contributed by atoms with Gasteiger partial charge in [0.2, 0.25) is 0 Å². The zero-order valence-corrected chi connectivity index (χ0v) is 11.1. The van der Waals surface area contributed by atoms with Gasteiger partial charge in [0.25, 0.3) is 0 Å². The van der Waals surface area contributed by atoms with Gasteiger partial charge in [-0.15, -0.1) is 0 Å². The van der Waals surface area contributed by atoms with E-state index < -0.39 is 0 Å². The van der Waals surface area contributed by atoms with Crippen molar-refractivity contribution in [1.82, 2.24) is 4.98 Å². The fourth-order valence-corrected chi connectivity index (χ4v) is 2.26. The van der Waals surface area contributed by atoms with Crippen LogP contribution in [0.1, 0.15) is 31.7 Å². The highest BCUT2D eigenvalue weighted by Crippen LogP contribution is 2.22. The first-order valence-corrected chi connectivity index (χ1v) is 6.56. The Balaban J connectivity index is 1.91. The quantitative estimate of drug-likeness (QED) is 0.770. The summed E-state index contributed by atoms with van der Waals surface area (Å²) in [5.74, 6) is 0.959. The number of rotatable bonds is 3. The second kappa shape index (κ2) is 5.85. The predicted molar refractivity (Wildman–Crippen MR) is 70.6 cm³/mol. The Morgan fingerprint density at radius 3 is 2.83 bits per heavy atom. The third-order valence-electron chi connectivity index (χ3n) is 3.31. The number of aryl methyl sites for hydroxylation is 1. The van der Waals surface area contributed by atoms with E-state index in [1.165, 1.54) is 5.56 Å². The summed E-state index contributed by atoms with van der Waals surface area (Å²) in [5, 5.41) is 0. The van der Waals surface area contributed by atoms with Crippen LogP contribution >= 0.6 is 0 Å². The molecule has 2 heterocycles. The van der Waals surface area contributed by atoms with Crippen molar-refractivity contribution in [1.29, 1.82) is 0 Å². The van der Waals surface area contributed by atoms with Crippen LogP contribution in [0.2, 0.25) is 0 Å². The molecule has 0 radical (unpaired) electrons. The second-order valence-electron chi connectivity index (χ2n) is 4.67. The van der Waals surface area contributed by atoms with Gasteiger partial charge in [-0.1, -0.05) is 13.0 Å². The van der Waals surface area contributed by atoms with Crippen molar-refractivity contribution in [3.8, 4) is 0 Å². The molecule has 1 aromatic rings. The largest absolute Gasteiger partial charge is 0.462 e. The van der Waals surface area contributed by atoms with Gasteiger partial charge in [0.15, 0.2) is 0 Å². The smallest absolute Gasteiger partial charge is 0.305 e. The molecule has 2 rings (SSSR count). The molecular weight excluding hydrogens is 228 g/mol. The van der Waals surface area contributed by atoms with Gasteiger partial charge in [0.1, 0.15) is 11.9 Å². The average Bonchev–Trinajstić information content (AvgIpc) is 2.40. The summed E-state index contributed by atoms with van der Waals surface area (Å²) in [7, 11) is 0. The van der Waals surface area contributed by atoms with Crippen molar-refractivity contribution in [3.05, 3.63) is 23.9 Å². The average molecular weight is 248 g/mol. The van der Waals surface area contributed by atoms with Gasteiger partial charge >= 0.3 is 5.97 Å². The van der Waals surface area contributed by atoms with Crippen molar-refractivity contribution in [2.24, 2.45) is 0 Å². The lowest BCUT2D eigenvalue weighted by Crippen LogP contribution is -2.38. The molecule has 1 aromatic heterocycles. The van der Waals surface area contributed by atoms with Crippen molar-refractivity contribution >= 4 is 11.8 Å². The number of esters is 1. The van der Waals surface area contributed by atoms with Crippen LogP contribution in [-0.2, 0) is 9.53 Å². The fraction of sp³-hybridized carbons (Fsp3) is 0.571. The third kappa shape index (κ3) is 3.00. The van der Waals surface area contributed by atoms with Gasteiger partial charge in [0.05, 0.1) is 0 Å². The molecule has 0 aliphatic carbocycles. The van der Waals surface area contributed by atoms with Gasteiger partial charge in [-0.25, -0.2) is 4.98 Å². The highest BCUT2D eigenvalue weighted by Gasteiger charge is 2.23. The van der Waals surface area contributed by atoms with Crippen molar-refractivity contribution < 1.29 is 9.53 Å². The van der Waals surface area contributed by atoms with Gasteiger partial charge in [0, 0.05) is 38.5 Å². The number of carbonyl (C=O) groups is 1. The zero-order valence-electron chi connectivity index (χ0n) is 11.1. The minimum atomic E-state index is -0.0949. The van der Waals surface area contributed by atoms with Gasteiger partial charge < -0.3 is 9.64 Å². The van der Waals surface area contributed by atoms with Crippen LogP contribution in [0.3, 0.4) is 0 Å². The number of hydrogen-bond donors (Lipinski definition) is 0. The summed E-state index contributed by atoms with van der Waals surface area (Å²) < 4.78 is 5.37. The number of piperidine rings is 1. The summed E-state index contributed by atoms with van der Waals surface area (Å²) in [6.45, 7) is 5.71. The molecule has 1 aliphatic rings. The summed E-state index contributed by atoms with van der Waals surface area (Å²) in [6.07, 6.45) is 4.15. The Hall–Kier alpha value is -1.58. The number of carbonyl (C=O) groups excluding carboxylic acids is 1. The fourth-order valence-electron chi connectivity index (χ4n) is 2.26. The molecule has 18 heavy (non-hydrogen) atoms. The zero-order chi connectivity index (χ0) is 13.0. The molecule has 0 atom stereocenters. The number of hydrogen-bond acceptors (Lipinski definition) is 4. The molecule has 1 saturated heterocycles. The van der Waals surface area contributed by atoms with Gasteiger partial charge in [-0.05, 0) is 18.6 Å². The van der Waals surface area contributed by atoms with Crippen molar-refractivity contribution in [2.45, 2.75) is 39.2 Å². The van der Waals surface area contributed by atoms with Crippen LogP contribution in [0.4, 0.5) is 5.82 Å². The highest BCUT2D eigenvalue weighted by molar-refractivity contribution is 5.69. The third-order valence-corrected chi connectivity index (χ3v) is 3.31. The van der Waals surface area contributed by atoms with Gasteiger partial charge in [-0.2, -0.15) is 0 Å². The molecular formula is C14H20N2O2. The molecule has 0 saturated carbocycles. The molecule has 0 aromatic carbocycles. The first-order valence-electron chi connectivity index (χ1n) is 6.56. The number of aromatic nitrogens is 1. The van der Waals surface area contributed by atoms with E-state index in [4.69, 9.17) is 4.74 Å². The van der Waals surface area contributed by atoms with Crippen molar-refractivity contribution in [2.75, 3.05) is 18.0 Å². The first kappa shape index (κ1) is 12.9. The number of anilines is 1. The second-order valence-corrected chi connectivity index (χ2v) is 4.67. The minimum absolute atomic E-state index is 0.0812. The predicted octanol–water partition coefficient (Wildman–Crippen LogP) is 2.31. The van der Waals surface area contributed by atoms with Crippen LogP contribution in [0.5, 0.6) is 0 Å². The van der Waals surface area contributed by atoms with Crippen LogP contribution in [0.25, 0.3) is 0 Å². The Morgan fingerprint density at radius 1 is 1.50 bits per heavy atom. The van der Waals surface area contributed by atoms with E-state index in [-0.39, 0.29) is 12.1 Å². The van der Waals surface area contributed by atoms with E-state index in [1.807, 2.05) is 19.2 Å². The maximum atomic E-state index is 11.2. The van der Waals surface area contributed by atoms with Crippen LogP contribution in [-0.4, -0.2) is 30.1 Å². The molecule has 0 spiro atoms. The molecule has 0 bridgehead atoms. The van der Waals surface area contributed by atoms with Crippen LogP contribution < -0.4 is 4.90 Å². The summed E-state index contributed by atoms with van der Waals surface area (Å²) in [4.78, 5) is 17.9. The lowest BCUT2D eigenvalue weighted by Gasteiger charge is -2.33. The SMILES string of the molecule is CCC(=O)OC1CCN(c2ncccc2C)CC1. The molecule has 0 N–H and O–H groups in total. The lowest BCUT2D eigenvalue weighted by atomic mass is 10.1. The molecule has 4 nitrogen and oxygen atoms in total. The maximum Gasteiger partial charge on any atom is 0.305 e. The van der Waals surface area contributed by atoms with Crippen molar-refractivity contribution in [3.63, 3.8) is 0 Å². The van der Waals surface area contributed by atoms with E-state index in [0.717, 1.165) is 31.7 Å². The summed E-state index contributed by atoms with van der Waals surface area (Å²) in [6, 6.07) is 4.03. The van der Waals surface area contributed by atoms with Gasteiger partial charge in [-0.3, -0.25) is 4.79 Å². The summed E-state index contributed by atoms with van der Waals surface area (Å²) in [5.41, 5.74) is 1.20. The van der Waals surface area contributed by atoms with E-state index >= 15 is 0 Å². The Kier molecular flexibility index (Phi) is 4.18. The Labute approximate surface area is 108 Å². The van der Waals surface area contributed by atoms with E-state index in [1.54, 1.807) is 0 Å². The maximum absolute atomic E-state index is 11.2. The van der Waals surface area contributed by atoms with Crippen LogP contribution in [0, 0.1) is 6.92 Å². The molecule has 0 amide bonds. The molecule has 98 valence electrons. The topological polar surface area (TPSA) is 42.4 Å². The molecule has 0 unspecified atom stereocenters. The highest BCUT2D eigenvalue weighted by atomic mass is 16.5. The minimum Gasteiger partial charge on any atom is -0.462 e.